The number of methoxy groups -OCH3 is 1. The maximum absolute atomic E-state index is 11.8. The Hall–Kier alpha value is -1.91. The molecule has 2 rings (SSSR count). The SMILES string of the molecule is CC[C@H](C)NC(=O)NC[C@H]1CCN(c2cccc(OC)c2)C1. The van der Waals surface area contributed by atoms with Crippen LogP contribution in [0.15, 0.2) is 24.3 Å². The number of rotatable bonds is 6. The number of amides is 2. The topological polar surface area (TPSA) is 53.6 Å². The zero-order valence-electron chi connectivity index (χ0n) is 13.8. The minimum absolute atomic E-state index is 0.0609. The predicted octanol–water partition coefficient (Wildman–Crippen LogP) is 2.62. The number of hydrogen-bond acceptors (Lipinski definition) is 3. The molecule has 1 aliphatic rings. The number of anilines is 1. The van der Waals surface area contributed by atoms with E-state index in [1.165, 1.54) is 5.69 Å². The number of nitrogens with zero attached hydrogens (tertiary/aromatic N) is 1. The first-order chi connectivity index (χ1) is 10.6. The summed E-state index contributed by atoms with van der Waals surface area (Å²) < 4.78 is 5.28. The molecular formula is C17H27N3O2. The molecule has 2 N–H and O–H groups in total. The summed E-state index contributed by atoms with van der Waals surface area (Å²) in [5, 5.41) is 5.91. The van der Waals surface area contributed by atoms with Gasteiger partial charge in [0.25, 0.3) is 0 Å². The molecule has 0 spiro atoms. The van der Waals surface area contributed by atoms with Gasteiger partial charge in [-0.05, 0) is 37.8 Å². The van der Waals surface area contributed by atoms with Crippen LogP contribution in [0, 0.1) is 5.92 Å². The van der Waals surface area contributed by atoms with Gasteiger partial charge >= 0.3 is 6.03 Å². The van der Waals surface area contributed by atoms with Gasteiger partial charge in [-0.2, -0.15) is 0 Å². The first kappa shape index (κ1) is 16.5. The molecule has 1 aromatic carbocycles. The van der Waals surface area contributed by atoms with E-state index in [1.807, 2.05) is 19.1 Å². The molecule has 0 radical (unpaired) electrons. The number of benzene rings is 1. The summed E-state index contributed by atoms with van der Waals surface area (Å²) in [6, 6.07) is 8.29. The Bertz CT molecular complexity index is 493. The second-order valence-electron chi connectivity index (χ2n) is 5.97. The van der Waals surface area contributed by atoms with Gasteiger partial charge < -0.3 is 20.3 Å². The highest BCUT2D eigenvalue weighted by Gasteiger charge is 2.23. The number of hydrogen-bond donors (Lipinski definition) is 2. The Morgan fingerprint density at radius 1 is 1.50 bits per heavy atom. The smallest absolute Gasteiger partial charge is 0.315 e. The fourth-order valence-electron chi connectivity index (χ4n) is 2.65. The van der Waals surface area contributed by atoms with Crippen LogP contribution in [0.5, 0.6) is 5.75 Å². The van der Waals surface area contributed by atoms with Gasteiger partial charge in [0, 0.05) is 37.4 Å². The summed E-state index contributed by atoms with van der Waals surface area (Å²) in [7, 11) is 1.69. The standard InChI is InChI=1S/C17H27N3O2/c1-4-13(2)19-17(21)18-11-14-8-9-20(12-14)15-6-5-7-16(10-15)22-3/h5-7,10,13-14H,4,8-9,11-12H2,1-3H3,(H2,18,19,21)/t13-,14+/m0/s1. The third-order valence-electron chi connectivity index (χ3n) is 4.25. The van der Waals surface area contributed by atoms with Crippen LogP contribution in [0.25, 0.3) is 0 Å². The lowest BCUT2D eigenvalue weighted by Crippen LogP contribution is -2.42. The molecule has 0 aliphatic carbocycles. The average molecular weight is 305 g/mol. The Labute approximate surface area is 133 Å². The van der Waals surface area contributed by atoms with Crippen LogP contribution in [0.1, 0.15) is 26.7 Å². The summed E-state index contributed by atoms with van der Waals surface area (Å²) in [4.78, 5) is 14.1. The maximum Gasteiger partial charge on any atom is 0.315 e. The molecule has 0 unspecified atom stereocenters. The number of urea groups is 1. The van der Waals surface area contributed by atoms with Crippen molar-refractivity contribution in [3.05, 3.63) is 24.3 Å². The monoisotopic (exact) mass is 305 g/mol. The Balaban J connectivity index is 1.79. The van der Waals surface area contributed by atoms with Crippen LogP contribution >= 0.6 is 0 Å². The molecule has 5 heteroatoms. The Morgan fingerprint density at radius 2 is 2.32 bits per heavy atom. The molecule has 0 bridgehead atoms. The molecule has 22 heavy (non-hydrogen) atoms. The van der Waals surface area contributed by atoms with Crippen molar-refractivity contribution in [2.24, 2.45) is 5.92 Å². The lowest BCUT2D eigenvalue weighted by molar-refractivity contribution is 0.236. The second-order valence-corrected chi connectivity index (χ2v) is 5.97. The van der Waals surface area contributed by atoms with E-state index in [0.29, 0.717) is 5.92 Å². The van der Waals surface area contributed by atoms with Gasteiger partial charge in [0.2, 0.25) is 0 Å². The van der Waals surface area contributed by atoms with Gasteiger partial charge in [-0.1, -0.05) is 13.0 Å². The van der Waals surface area contributed by atoms with E-state index in [1.54, 1.807) is 7.11 Å². The Kier molecular flexibility index (Phi) is 5.92. The van der Waals surface area contributed by atoms with E-state index in [0.717, 1.165) is 38.2 Å². The van der Waals surface area contributed by atoms with Crippen LogP contribution in [0.3, 0.4) is 0 Å². The fraction of sp³-hybridized carbons (Fsp3) is 0.588. The predicted molar refractivity (Wildman–Crippen MR) is 89.6 cm³/mol. The van der Waals surface area contributed by atoms with Gasteiger partial charge in [-0.3, -0.25) is 0 Å². The molecule has 1 saturated heterocycles. The molecule has 1 fully saturated rings. The average Bonchev–Trinajstić information content (AvgIpc) is 3.02. The van der Waals surface area contributed by atoms with Crippen LogP contribution in [-0.4, -0.2) is 38.8 Å². The van der Waals surface area contributed by atoms with Gasteiger partial charge in [0.05, 0.1) is 7.11 Å². The highest BCUT2D eigenvalue weighted by atomic mass is 16.5. The molecular weight excluding hydrogens is 278 g/mol. The largest absolute Gasteiger partial charge is 0.497 e. The summed E-state index contributed by atoms with van der Waals surface area (Å²) >= 11 is 0. The van der Waals surface area contributed by atoms with Gasteiger partial charge in [0.1, 0.15) is 5.75 Å². The van der Waals surface area contributed by atoms with Gasteiger partial charge in [-0.25, -0.2) is 4.79 Å². The molecule has 122 valence electrons. The lowest BCUT2D eigenvalue weighted by Gasteiger charge is -2.20. The normalized spacial score (nSPS) is 18.9. The minimum Gasteiger partial charge on any atom is -0.497 e. The number of carbonyl (C=O) groups excluding carboxylic acids is 1. The van der Waals surface area contributed by atoms with Crippen molar-refractivity contribution in [1.82, 2.24) is 10.6 Å². The third kappa shape index (κ3) is 4.55. The zero-order valence-corrected chi connectivity index (χ0v) is 13.8. The van der Waals surface area contributed by atoms with Crippen molar-refractivity contribution < 1.29 is 9.53 Å². The third-order valence-corrected chi connectivity index (χ3v) is 4.25. The number of carbonyl (C=O) groups is 1. The Morgan fingerprint density at radius 3 is 3.05 bits per heavy atom. The van der Waals surface area contributed by atoms with E-state index in [4.69, 9.17) is 4.74 Å². The highest BCUT2D eigenvalue weighted by Crippen LogP contribution is 2.26. The van der Waals surface area contributed by atoms with E-state index in [-0.39, 0.29) is 12.1 Å². The molecule has 2 amide bonds. The first-order valence-electron chi connectivity index (χ1n) is 8.05. The van der Waals surface area contributed by atoms with Crippen molar-refractivity contribution in [1.29, 1.82) is 0 Å². The second kappa shape index (κ2) is 7.92. The number of nitrogens with one attached hydrogen (secondary N) is 2. The molecule has 1 heterocycles. The molecule has 5 nitrogen and oxygen atoms in total. The summed E-state index contributed by atoms with van der Waals surface area (Å²) in [6.07, 6.45) is 2.04. The molecule has 1 aliphatic heterocycles. The van der Waals surface area contributed by atoms with Crippen LogP contribution in [0.2, 0.25) is 0 Å². The van der Waals surface area contributed by atoms with Crippen molar-refractivity contribution >= 4 is 11.7 Å². The number of ether oxygens (including phenoxy) is 1. The van der Waals surface area contributed by atoms with E-state index in [2.05, 4.69) is 34.6 Å². The van der Waals surface area contributed by atoms with E-state index >= 15 is 0 Å². The van der Waals surface area contributed by atoms with Crippen LogP contribution in [0.4, 0.5) is 10.5 Å². The van der Waals surface area contributed by atoms with Crippen molar-refractivity contribution in [2.45, 2.75) is 32.7 Å². The van der Waals surface area contributed by atoms with Gasteiger partial charge in [0.15, 0.2) is 0 Å². The summed E-state index contributed by atoms with van der Waals surface area (Å²) in [5.74, 6) is 1.38. The highest BCUT2D eigenvalue weighted by molar-refractivity contribution is 5.74. The van der Waals surface area contributed by atoms with Crippen molar-refractivity contribution in [2.75, 3.05) is 31.6 Å². The van der Waals surface area contributed by atoms with Crippen LogP contribution < -0.4 is 20.3 Å². The fourth-order valence-corrected chi connectivity index (χ4v) is 2.65. The molecule has 1 aromatic rings. The first-order valence-corrected chi connectivity index (χ1v) is 8.05. The lowest BCUT2D eigenvalue weighted by atomic mass is 10.1. The molecule has 0 saturated carbocycles. The summed E-state index contributed by atoms with van der Waals surface area (Å²) in [5.41, 5.74) is 1.19. The quantitative estimate of drug-likeness (QED) is 0.849. The summed E-state index contributed by atoms with van der Waals surface area (Å²) in [6.45, 7) is 6.79. The van der Waals surface area contributed by atoms with Gasteiger partial charge in [-0.15, -0.1) is 0 Å². The van der Waals surface area contributed by atoms with E-state index in [9.17, 15) is 4.79 Å². The van der Waals surface area contributed by atoms with Crippen LogP contribution in [-0.2, 0) is 0 Å². The minimum atomic E-state index is -0.0609. The zero-order chi connectivity index (χ0) is 15.9. The molecule has 0 aromatic heterocycles. The van der Waals surface area contributed by atoms with E-state index < -0.39 is 0 Å². The van der Waals surface area contributed by atoms with Crippen molar-refractivity contribution in [3.63, 3.8) is 0 Å². The maximum atomic E-state index is 11.8. The van der Waals surface area contributed by atoms with Crippen molar-refractivity contribution in [3.8, 4) is 5.75 Å². The molecule has 2 atom stereocenters.